The smallest absolute Gasteiger partial charge is 0.322 e. The third kappa shape index (κ3) is 5.36. The molecule has 3 nitrogen and oxygen atoms in total. The highest BCUT2D eigenvalue weighted by Gasteiger charge is 2.40. The van der Waals surface area contributed by atoms with Gasteiger partial charge in [-0.1, -0.05) is 58.3 Å². The third-order valence-corrected chi connectivity index (χ3v) is 7.14. The second-order valence-electron chi connectivity index (χ2n) is 6.93. The summed E-state index contributed by atoms with van der Waals surface area (Å²) < 4.78 is 18.1. The summed E-state index contributed by atoms with van der Waals surface area (Å²) in [5.41, 5.74) is 0. The molecule has 2 aliphatic rings. The number of unbranched alkanes of at least 4 members (excludes halogenated alkanes) is 5. The fourth-order valence-electron chi connectivity index (χ4n) is 3.67. The minimum absolute atomic E-state index is 0.0243. The van der Waals surface area contributed by atoms with Crippen LogP contribution < -0.4 is 0 Å². The van der Waals surface area contributed by atoms with Crippen molar-refractivity contribution >= 4 is 16.8 Å². The van der Waals surface area contributed by atoms with Gasteiger partial charge in [0.05, 0.1) is 0 Å². The van der Waals surface area contributed by atoms with E-state index in [9.17, 15) is 9.00 Å². The van der Waals surface area contributed by atoms with E-state index in [0.29, 0.717) is 6.42 Å². The molecule has 0 spiro atoms. The van der Waals surface area contributed by atoms with Crippen LogP contribution in [-0.2, 0) is 20.3 Å². The van der Waals surface area contributed by atoms with Crippen LogP contribution in [0.1, 0.15) is 90.4 Å². The van der Waals surface area contributed by atoms with E-state index in [1.54, 1.807) is 0 Å². The van der Waals surface area contributed by atoms with Crippen molar-refractivity contribution in [2.24, 2.45) is 0 Å². The van der Waals surface area contributed by atoms with Crippen LogP contribution in [0.3, 0.4) is 0 Å². The second kappa shape index (κ2) is 9.69. The molecule has 1 aliphatic heterocycles. The first kappa shape index (κ1) is 18.0. The molecule has 1 saturated carbocycles. The number of cyclic esters (lactones) is 1. The maximum atomic E-state index is 12.6. The molecule has 128 valence electrons. The maximum Gasteiger partial charge on any atom is 0.322 e. The fourth-order valence-corrected chi connectivity index (χ4v) is 5.58. The van der Waals surface area contributed by atoms with E-state index in [1.165, 1.54) is 51.4 Å². The van der Waals surface area contributed by atoms with Gasteiger partial charge < -0.3 is 4.74 Å². The molecule has 0 aromatic heterocycles. The van der Waals surface area contributed by atoms with Gasteiger partial charge in [-0.15, -0.1) is 0 Å². The zero-order valence-corrected chi connectivity index (χ0v) is 14.9. The highest BCUT2D eigenvalue weighted by Crippen LogP contribution is 2.30. The molecule has 0 radical (unpaired) electrons. The largest absolute Gasteiger partial charge is 0.461 e. The Balaban J connectivity index is 1.67. The van der Waals surface area contributed by atoms with Crippen LogP contribution in [0.4, 0.5) is 0 Å². The Morgan fingerprint density at radius 1 is 1.05 bits per heavy atom. The molecule has 2 fully saturated rings. The molecule has 22 heavy (non-hydrogen) atoms. The molecular formula is C18H32O3S. The Hall–Kier alpha value is -0.380. The van der Waals surface area contributed by atoms with Crippen molar-refractivity contribution in [3.8, 4) is 0 Å². The molecular weight excluding hydrogens is 296 g/mol. The van der Waals surface area contributed by atoms with Gasteiger partial charge >= 0.3 is 5.97 Å². The van der Waals surface area contributed by atoms with E-state index in [4.69, 9.17) is 4.74 Å². The lowest BCUT2D eigenvalue weighted by atomic mass is 10.0. The highest BCUT2D eigenvalue weighted by atomic mass is 32.2. The van der Waals surface area contributed by atoms with Gasteiger partial charge in [0.15, 0.2) is 0 Å². The SMILES string of the molecule is CCCCCCCC[C@H]1CC(S(=O)C2CCCCC2)C(=O)O1. The summed E-state index contributed by atoms with van der Waals surface area (Å²) in [6.07, 6.45) is 14.9. The molecule has 1 aliphatic carbocycles. The molecule has 0 aromatic rings. The van der Waals surface area contributed by atoms with Crippen LogP contribution in [-0.4, -0.2) is 26.8 Å². The number of esters is 1. The van der Waals surface area contributed by atoms with Gasteiger partial charge in [0.2, 0.25) is 0 Å². The van der Waals surface area contributed by atoms with E-state index in [0.717, 1.165) is 25.7 Å². The zero-order valence-electron chi connectivity index (χ0n) is 14.1. The van der Waals surface area contributed by atoms with Crippen molar-refractivity contribution < 1.29 is 13.7 Å². The minimum Gasteiger partial charge on any atom is -0.461 e. The molecule has 0 bridgehead atoms. The van der Waals surface area contributed by atoms with Gasteiger partial charge in [0.25, 0.3) is 0 Å². The van der Waals surface area contributed by atoms with Crippen molar-refractivity contribution in [3.63, 3.8) is 0 Å². The highest BCUT2D eigenvalue weighted by molar-refractivity contribution is 7.87. The number of hydrogen-bond donors (Lipinski definition) is 0. The Morgan fingerprint density at radius 2 is 1.73 bits per heavy atom. The standard InChI is InChI=1S/C18H32O3S/c1-2-3-4-5-6-8-11-15-14-17(18(19)21-15)22(20)16-12-9-7-10-13-16/h15-17H,2-14H2,1H3/t15-,17?,22?/m0/s1. The molecule has 0 amide bonds. The lowest BCUT2D eigenvalue weighted by Gasteiger charge is -2.22. The lowest BCUT2D eigenvalue weighted by molar-refractivity contribution is -0.141. The normalized spacial score (nSPS) is 27.8. The Labute approximate surface area is 138 Å². The van der Waals surface area contributed by atoms with Gasteiger partial charge in [-0.25, -0.2) is 0 Å². The molecule has 3 atom stereocenters. The average Bonchev–Trinajstić information content (AvgIpc) is 2.91. The fraction of sp³-hybridized carbons (Fsp3) is 0.944. The van der Waals surface area contributed by atoms with Gasteiger partial charge in [-0.2, -0.15) is 0 Å². The summed E-state index contributed by atoms with van der Waals surface area (Å²) >= 11 is 0. The summed E-state index contributed by atoms with van der Waals surface area (Å²) in [6.45, 7) is 2.23. The van der Waals surface area contributed by atoms with E-state index in [1.807, 2.05) is 0 Å². The van der Waals surface area contributed by atoms with Crippen LogP contribution in [0.5, 0.6) is 0 Å². The van der Waals surface area contributed by atoms with Gasteiger partial charge in [0.1, 0.15) is 11.4 Å². The van der Waals surface area contributed by atoms with Crippen molar-refractivity contribution in [2.45, 2.75) is 107 Å². The number of ether oxygens (including phenoxy) is 1. The van der Waals surface area contributed by atoms with E-state index in [-0.39, 0.29) is 22.6 Å². The number of carbonyl (C=O) groups is 1. The summed E-state index contributed by atoms with van der Waals surface area (Å²) in [5, 5.41) is -0.104. The van der Waals surface area contributed by atoms with Crippen LogP contribution in [0.25, 0.3) is 0 Å². The van der Waals surface area contributed by atoms with E-state index >= 15 is 0 Å². The molecule has 0 N–H and O–H groups in total. The van der Waals surface area contributed by atoms with Crippen LogP contribution >= 0.6 is 0 Å². The number of hydrogen-bond acceptors (Lipinski definition) is 3. The quantitative estimate of drug-likeness (QED) is 0.462. The summed E-state index contributed by atoms with van der Waals surface area (Å²) in [7, 11) is -1.02. The summed E-state index contributed by atoms with van der Waals surface area (Å²) in [4.78, 5) is 12.0. The topological polar surface area (TPSA) is 43.4 Å². The predicted molar refractivity (Wildman–Crippen MR) is 91.3 cm³/mol. The Kier molecular flexibility index (Phi) is 7.91. The summed E-state index contributed by atoms with van der Waals surface area (Å²) in [6, 6.07) is 0. The predicted octanol–water partition coefficient (Wildman–Crippen LogP) is 4.50. The summed E-state index contributed by atoms with van der Waals surface area (Å²) in [5.74, 6) is -0.195. The monoisotopic (exact) mass is 328 g/mol. The van der Waals surface area contributed by atoms with Crippen LogP contribution in [0.2, 0.25) is 0 Å². The maximum absolute atomic E-state index is 12.6. The Bertz CT molecular complexity index is 363. The number of rotatable bonds is 9. The first-order valence-corrected chi connectivity index (χ1v) is 10.6. The van der Waals surface area contributed by atoms with Crippen LogP contribution in [0.15, 0.2) is 0 Å². The van der Waals surface area contributed by atoms with Crippen LogP contribution in [0, 0.1) is 0 Å². The van der Waals surface area contributed by atoms with E-state index in [2.05, 4.69) is 6.92 Å². The second-order valence-corrected chi connectivity index (χ2v) is 8.82. The Morgan fingerprint density at radius 3 is 2.45 bits per heavy atom. The third-order valence-electron chi connectivity index (χ3n) is 5.06. The lowest BCUT2D eigenvalue weighted by Crippen LogP contribution is -2.30. The van der Waals surface area contributed by atoms with Crippen molar-refractivity contribution in [1.29, 1.82) is 0 Å². The van der Waals surface area contributed by atoms with Gasteiger partial charge in [-0.3, -0.25) is 9.00 Å². The van der Waals surface area contributed by atoms with Crippen molar-refractivity contribution in [1.82, 2.24) is 0 Å². The first-order chi connectivity index (χ1) is 10.7. The molecule has 1 saturated heterocycles. The van der Waals surface area contributed by atoms with Gasteiger partial charge in [0, 0.05) is 22.5 Å². The average molecular weight is 329 g/mol. The van der Waals surface area contributed by atoms with Crippen molar-refractivity contribution in [2.75, 3.05) is 0 Å². The molecule has 1 heterocycles. The van der Waals surface area contributed by atoms with Crippen molar-refractivity contribution in [3.05, 3.63) is 0 Å². The zero-order chi connectivity index (χ0) is 15.8. The molecule has 2 rings (SSSR count). The first-order valence-electron chi connectivity index (χ1n) is 9.32. The molecule has 2 unspecified atom stereocenters. The number of carbonyl (C=O) groups excluding carboxylic acids is 1. The molecule has 0 aromatic carbocycles. The van der Waals surface area contributed by atoms with E-state index < -0.39 is 10.8 Å². The minimum atomic E-state index is -1.02. The molecule has 4 heteroatoms. The van der Waals surface area contributed by atoms with Gasteiger partial charge in [-0.05, 0) is 25.7 Å².